The normalized spacial score (nSPS) is 11.7. The van der Waals surface area contributed by atoms with Gasteiger partial charge < -0.3 is 5.32 Å². The molecule has 0 spiro atoms. The summed E-state index contributed by atoms with van der Waals surface area (Å²) in [5, 5.41) is 9.56. The van der Waals surface area contributed by atoms with Gasteiger partial charge >= 0.3 is 6.18 Å². The summed E-state index contributed by atoms with van der Waals surface area (Å²) >= 11 is 1.31. The fourth-order valence-electron chi connectivity index (χ4n) is 2.81. The standard InChI is InChI=1S/C19H13F3N4OS/c20-19(21,22)13-7-5-12(6-8-13)9-26-16-4-2-1-3-14(16)17(25-26)24-18(27)15-10-28-11-23-15/h1-8,10-11H,9H2,(H,24,25,27). The van der Waals surface area contributed by atoms with Crippen molar-refractivity contribution in [3.63, 3.8) is 0 Å². The summed E-state index contributed by atoms with van der Waals surface area (Å²) in [5.41, 5.74) is 2.59. The third-order valence-electron chi connectivity index (χ3n) is 4.17. The Labute approximate surface area is 161 Å². The van der Waals surface area contributed by atoms with E-state index < -0.39 is 11.7 Å². The molecule has 0 fully saturated rings. The van der Waals surface area contributed by atoms with Gasteiger partial charge in [-0.3, -0.25) is 9.48 Å². The number of para-hydroxylation sites is 1. The van der Waals surface area contributed by atoms with E-state index in [1.807, 2.05) is 24.3 Å². The van der Waals surface area contributed by atoms with Crippen LogP contribution in [0.1, 0.15) is 21.6 Å². The van der Waals surface area contributed by atoms with Crippen LogP contribution < -0.4 is 5.32 Å². The van der Waals surface area contributed by atoms with Crippen LogP contribution in [0.25, 0.3) is 10.9 Å². The topological polar surface area (TPSA) is 59.8 Å². The number of halogens is 3. The van der Waals surface area contributed by atoms with E-state index in [0.717, 1.165) is 23.0 Å². The molecule has 0 bridgehead atoms. The van der Waals surface area contributed by atoms with E-state index in [-0.39, 0.29) is 12.5 Å². The van der Waals surface area contributed by atoms with Crippen LogP contribution in [-0.2, 0) is 12.7 Å². The van der Waals surface area contributed by atoms with Crippen LogP contribution >= 0.6 is 11.3 Å². The molecule has 2 heterocycles. The summed E-state index contributed by atoms with van der Waals surface area (Å²) in [6.45, 7) is 0.269. The van der Waals surface area contributed by atoms with Gasteiger partial charge in [0.25, 0.3) is 5.91 Å². The molecule has 4 aromatic rings. The molecule has 0 aliphatic heterocycles. The Morgan fingerprint density at radius 2 is 1.86 bits per heavy atom. The Balaban J connectivity index is 1.63. The molecule has 1 amide bonds. The first-order valence-electron chi connectivity index (χ1n) is 8.23. The summed E-state index contributed by atoms with van der Waals surface area (Å²) in [6.07, 6.45) is -4.37. The second-order valence-corrected chi connectivity index (χ2v) is 6.76. The number of aromatic nitrogens is 3. The molecule has 2 aromatic carbocycles. The maximum absolute atomic E-state index is 12.7. The first-order valence-corrected chi connectivity index (χ1v) is 9.17. The minimum Gasteiger partial charge on any atom is -0.303 e. The lowest BCUT2D eigenvalue weighted by molar-refractivity contribution is -0.137. The predicted molar refractivity (Wildman–Crippen MR) is 100 cm³/mol. The van der Waals surface area contributed by atoms with Gasteiger partial charge in [-0.05, 0) is 29.8 Å². The summed E-state index contributed by atoms with van der Waals surface area (Å²) in [7, 11) is 0. The smallest absolute Gasteiger partial charge is 0.303 e. The summed E-state index contributed by atoms with van der Waals surface area (Å²) in [5.74, 6) is 0.00620. The highest BCUT2D eigenvalue weighted by Crippen LogP contribution is 2.29. The number of hydrogen-bond donors (Lipinski definition) is 1. The largest absolute Gasteiger partial charge is 0.416 e. The van der Waals surface area contributed by atoms with Gasteiger partial charge in [-0.2, -0.15) is 18.3 Å². The fourth-order valence-corrected chi connectivity index (χ4v) is 3.34. The van der Waals surface area contributed by atoms with Crippen LogP contribution in [0.4, 0.5) is 19.0 Å². The molecular weight excluding hydrogens is 389 g/mol. The summed E-state index contributed by atoms with van der Waals surface area (Å²) in [6, 6.07) is 12.3. The van der Waals surface area contributed by atoms with Gasteiger partial charge in [-0.1, -0.05) is 24.3 Å². The van der Waals surface area contributed by atoms with Crippen molar-refractivity contribution in [2.45, 2.75) is 12.7 Å². The lowest BCUT2D eigenvalue weighted by Gasteiger charge is -2.08. The van der Waals surface area contributed by atoms with E-state index in [4.69, 9.17) is 0 Å². The fraction of sp³-hybridized carbons (Fsp3) is 0.105. The maximum atomic E-state index is 12.7. The van der Waals surface area contributed by atoms with E-state index >= 15 is 0 Å². The average molecular weight is 402 g/mol. The van der Waals surface area contributed by atoms with Gasteiger partial charge in [0.15, 0.2) is 5.82 Å². The predicted octanol–water partition coefficient (Wildman–Crippen LogP) is 4.81. The number of rotatable bonds is 4. The van der Waals surface area contributed by atoms with Crippen molar-refractivity contribution in [3.8, 4) is 0 Å². The minimum atomic E-state index is -4.37. The molecule has 9 heteroatoms. The van der Waals surface area contributed by atoms with Crippen LogP contribution in [0.2, 0.25) is 0 Å². The first kappa shape index (κ1) is 18.2. The number of alkyl halides is 3. The zero-order valence-electron chi connectivity index (χ0n) is 14.3. The molecule has 0 unspecified atom stereocenters. The van der Waals surface area contributed by atoms with Gasteiger partial charge in [0, 0.05) is 10.8 Å². The van der Waals surface area contributed by atoms with E-state index in [9.17, 15) is 18.0 Å². The third kappa shape index (κ3) is 3.61. The van der Waals surface area contributed by atoms with E-state index in [1.54, 1.807) is 15.6 Å². The highest BCUT2D eigenvalue weighted by molar-refractivity contribution is 7.07. The molecule has 0 aliphatic carbocycles. The number of amides is 1. The molecule has 28 heavy (non-hydrogen) atoms. The maximum Gasteiger partial charge on any atom is 0.416 e. The van der Waals surface area contributed by atoms with Gasteiger partial charge in [-0.15, -0.1) is 11.3 Å². The quantitative estimate of drug-likeness (QED) is 0.533. The van der Waals surface area contributed by atoms with Crippen LogP contribution in [-0.4, -0.2) is 20.7 Å². The number of nitrogens with zero attached hydrogens (tertiary/aromatic N) is 3. The van der Waals surface area contributed by atoms with Gasteiger partial charge in [0.05, 0.1) is 23.1 Å². The monoisotopic (exact) mass is 402 g/mol. The van der Waals surface area contributed by atoms with Crippen molar-refractivity contribution in [1.82, 2.24) is 14.8 Å². The summed E-state index contributed by atoms with van der Waals surface area (Å²) in [4.78, 5) is 16.3. The molecule has 4 rings (SSSR count). The lowest BCUT2D eigenvalue weighted by atomic mass is 10.1. The number of thiazole rings is 1. The van der Waals surface area contributed by atoms with Crippen LogP contribution in [0.3, 0.4) is 0 Å². The third-order valence-corrected chi connectivity index (χ3v) is 4.75. The van der Waals surface area contributed by atoms with E-state index in [2.05, 4.69) is 15.4 Å². The zero-order chi connectivity index (χ0) is 19.7. The van der Waals surface area contributed by atoms with Gasteiger partial charge in [0.2, 0.25) is 0 Å². The highest BCUT2D eigenvalue weighted by atomic mass is 32.1. The second kappa shape index (κ2) is 7.08. The van der Waals surface area contributed by atoms with E-state index in [0.29, 0.717) is 17.1 Å². The van der Waals surface area contributed by atoms with Gasteiger partial charge in [0.1, 0.15) is 5.69 Å². The van der Waals surface area contributed by atoms with Crippen LogP contribution in [0.15, 0.2) is 59.4 Å². The Hall–Kier alpha value is -3.20. The molecule has 1 N–H and O–H groups in total. The number of anilines is 1. The Morgan fingerprint density at radius 3 is 2.54 bits per heavy atom. The number of carbonyl (C=O) groups is 1. The Bertz CT molecular complexity index is 1120. The summed E-state index contributed by atoms with van der Waals surface area (Å²) < 4.78 is 39.8. The molecule has 0 saturated carbocycles. The van der Waals surface area contributed by atoms with Crippen molar-refractivity contribution in [3.05, 3.63) is 76.2 Å². The molecule has 0 atom stereocenters. The average Bonchev–Trinajstić information content (AvgIpc) is 3.31. The van der Waals surface area contributed by atoms with Crippen molar-refractivity contribution < 1.29 is 18.0 Å². The zero-order valence-corrected chi connectivity index (χ0v) is 15.1. The van der Waals surface area contributed by atoms with Crippen molar-refractivity contribution >= 4 is 34.0 Å². The molecular formula is C19H13F3N4OS. The van der Waals surface area contributed by atoms with Gasteiger partial charge in [-0.25, -0.2) is 4.98 Å². The number of carbonyl (C=O) groups excluding carboxylic acids is 1. The SMILES string of the molecule is O=C(Nc1nn(Cc2ccc(C(F)(F)F)cc2)c2ccccc12)c1cscn1. The molecule has 0 radical (unpaired) electrons. The number of nitrogens with one attached hydrogen (secondary N) is 1. The van der Waals surface area contributed by atoms with Crippen LogP contribution in [0, 0.1) is 0 Å². The molecule has 0 aliphatic rings. The lowest BCUT2D eigenvalue weighted by Crippen LogP contribution is -2.13. The van der Waals surface area contributed by atoms with E-state index in [1.165, 1.54) is 23.5 Å². The Kier molecular flexibility index (Phi) is 4.60. The molecule has 5 nitrogen and oxygen atoms in total. The minimum absolute atomic E-state index is 0.269. The molecule has 0 saturated heterocycles. The van der Waals surface area contributed by atoms with Crippen molar-refractivity contribution in [2.75, 3.05) is 5.32 Å². The first-order chi connectivity index (χ1) is 13.4. The number of benzene rings is 2. The number of fused-ring (bicyclic) bond motifs is 1. The molecule has 2 aromatic heterocycles. The van der Waals surface area contributed by atoms with Crippen molar-refractivity contribution in [1.29, 1.82) is 0 Å². The van der Waals surface area contributed by atoms with Crippen molar-refractivity contribution in [2.24, 2.45) is 0 Å². The molecule has 142 valence electrons. The highest BCUT2D eigenvalue weighted by Gasteiger charge is 2.30. The van der Waals surface area contributed by atoms with Crippen LogP contribution in [0.5, 0.6) is 0 Å². The second-order valence-electron chi connectivity index (χ2n) is 6.05. The number of hydrogen-bond acceptors (Lipinski definition) is 4. The Morgan fingerprint density at radius 1 is 1.11 bits per heavy atom.